The van der Waals surface area contributed by atoms with E-state index in [1.807, 2.05) is 32.0 Å². The third-order valence-corrected chi connectivity index (χ3v) is 13.5. The van der Waals surface area contributed by atoms with Crippen molar-refractivity contribution in [1.29, 1.82) is 0 Å². The van der Waals surface area contributed by atoms with E-state index in [0.717, 1.165) is 55.6 Å². The van der Waals surface area contributed by atoms with Gasteiger partial charge in [0, 0.05) is 42.5 Å². The van der Waals surface area contributed by atoms with Crippen LogP contribution in [0.5, 0.6) is 23.0 Å². The summed E-state index contributed by atoms with van der Waals surface area (Å²) in [5.41, 5.74) is 11.1. The zero-order valence-corrected chi connectivity index (χ0v) is 47.0. The minimum atomic E-state index is -0.984. The predicted octanol–water partition coefficient (Wildman–Crippen LogP) is 14.1. The molecule has 10 nitrogen and oxygen atoms in total. The molecule has 1 aliphatic rings. The van der Waals surface area contributed by atoms with Crippen LogP contribution < -0.4 is 19.5 Å². The Morgan fingerprint density at radius 2 is 0.767 bits per heavy atom. The number of hydrogen-bond acceptors (Lipinski definition) is 9. The number of rotatable bonds is 10. The molecule has 8 bridgehead atoms. The molecule has 10 heteroatoms. The lowest BCUT2D eigenvalue weighted by atomic mass is 9.79. The molecule has 0 saturated carbocycles. The molecule has 0 radical (unpaired) electrons. The van der Waals surface area contributed by atoms with Gasteiger partial charge in [0.05, 0.1) is 13.2 Å². The quantitative estimate of drug-likeness (QED) is 0.129. The Morgan fingerprint density at radius 1 is 0.479 bits per heavy atom. The second-order valence-corrected chi connectivity index (χ2v) is 24.1. The Labute approximate surface area is 435 Å². The van der Waals surface area contributed by atoms with Crippen molar-refractivity contribution in [3.8, 4) is 23.0 Å². The van der Waals surface area contributed by atoms with Crippen LogP contribution >= 0.6 is 0 Å². The Hall–Kier alpha value is -6.29. The van der Waals surface area contributed by atoms with Crippen LogP contribution in [-0.4, -0.2) is 48.6 Å². The summed E-state index contributed by atoms with van der Waals surface area (Å²) >= 11 is 0. The van der Waals surface area contributed by atoms with Crippen molar-refractivity contribution in [2.24, 2.45) is 0 Å². The van der Waals surface area contributed by atoms with E-state index >= 15 is 0 Å². The Balaban J connectivity index is 1.80. The molecule has 2 atom stereocenters. The minimum Gasteiger partial charge on any atom is -0.507 e. The van der Waals surface area contributed by atoms with Crippen molar-refractivity contribution in [3.05, 3.63) is 145 Å². The lowest BCUT2D eigenvalue weighted by molar-refractivity contribution is -0.151. The first kappa shape index (κ1) is 56.0. The average molecular weight is 996 g/mol. The van der Waals surface area contributed by atoms with Gasteiger partial charge >= 0.3 is 18.0 Å². The van der Waals surface area contributed by atoms with Crippen molar-refractivity contribution in [2.45, 2.75) is 184 Å². The second-order valence-electron chi connectivity index (χ2n) is 24.1. The number of carbonyl (C=O) groups is 3. The molecule has 6 rings (SSSR count). The lowest BCUT2D eigenvalue weighted by Crippen LogP contribution is -2.27. The van der Waals surface area contributed by atoms with Gasteiger partial charge in [-0.2, -0.15) is 0 Å². The van der Waals surface area contributed by atoms with Gasteiger partial charge in [0.1, 0.15) is 23.0 Å². The third-order valence-electron chi connectivity index (χ3n) is 13.5. The summed E-state index contributed by atoms with van der Waals surface area (Å²) in [5, 5.41) is 15.7. The monoisotopic (exact) mass is 996 g/mol. The average Bonchev–Trinajstić information content (AvgIpc) is 3.25. The molecule has 392 valence electrons. The summed E-state index contributed by atoms with van der Waals surface area (Å²) in [6.45, 7) is 37.1. The summed E-state index contributed by atoms with van der Waals surface area (Å²) in [6.07, 6.45) is -1.70. The van der Waals surface area contributed by atoms with Gasteiger partial charge in [-0.3, -0.25) is 5.32 Å². The van der Waals surface area contributed by atoms with E-state index in [0.29, 0.717) is 45.2 Å². The molecule has 5 aromatic carbocycles. The van der Waals surface area contributed by atoms with Crippen LogP contribution in [0.15, 0.2) is 66.7 Å². The summed E-state index contributed by atoms with van der Waals surface area (Å²) in [6, 6.07) is 22.7. The van der Waals surface area contributed by atoms with Crippen molar-refractivity contribution in [3.63, 3.8) is 0 Å². The molecule has 1 amide bonds. The lowest BCUT2D eigenvalue weighted by Gasteiger charge is -2.29. The number of ether oxygens (including phenoxy) is 5. The van der Waals surface area contributed by atoms with Crippen molar-refractivity contribution in [1.82, 2.24) is 0 Å². The van der Waals surface area contributed by atoms with Gasteiger partial charge in [-0.1, -0.05) is 138 Å². The summed E-state index contributed by atoms with van der Waals surface area (Å²) in [7, 11) is 0. The largest absolute Gasteiger partial charge is 0.507 e. The second kappa shape index (κ2) is 21.7. The maximum absolute atomic E-state index is 14.5. The molecule has 0 aliphatic heterocycles. The van der Waals surface area contributed by atoms with E-state index < -0.39 is 30.2 Å². The molecule has 0 aromatic heterocycles. The van der Waals surface area contributed by atoms with Gasteiger partial charge in [0.2, 0.25) is 0 Å². The Kier molecular flexibility index (Phi) is 16.6. The third kappa shape index (κ3) is 13.7. The number of nitrogens with one attached hydrogen (secondary N) is 1. The van der Waals surface area contributed by atoms with Gasteiger partial charge in [0.15, 0.2) is 12.2 Å². The maximum atomic E-state index is 14.5. The number of esters is 2. The fourth-order valence-corrected chi connectivity index (χ4v) is 9.32. The van der Waals surface area contributed by atoms with Crippen LogP contribution in [0.25, 0.3) is 0 Å². The standard InChI is InChI=1S/C63H81NO9/c1-19-69-57(66)38(5)71-54-42-24-40-28-48(60(7,8)9)29-41(53(40)65)25-43-31-50(62(13,14)15)33-45(55(43)72-39(6)58(67)70-20-2)27-47-35-51(63(16,17)18)34-46(26-44(54)32-49(30-42)61(10,11)12)56(47)73-59(68)64-52-22-36(3)21-37(4)23-52/h21-23,28-35,38-39,65H,19-20,24-27H2,1-18H3,(H,64,68)/t38-,39?/m1/s1. The van der Waals surface area contributed by atoms with Gasteiger partial charge in [-0.15, -0.1) is 0 Å². The summed E-state index contributed by atoms with van der Waals surface area (Å²) in [4.78, 5) is 41.5. The van der Waals surface area contributed by atoms with Crippen molar-refractivity contribution < 1.29 is 43.2 Å². The number of benzene rings is 5. The highest BCUT2D eigenvalue weighted by atomic mass is 16.6. The SMILES string of the molecule is CCOC(=O)C(C)Oc1c2cc(C(C)(C)C)cc1Cc1cc(C(C)(C)C)cc(c1OC(=O)Nc1cc(C)cc(C)c1)Cc1cc(C(C)(C)C)cc(c1O[C@H](C)C(=O)OCC)Cc1cc(C(C)(C)C)cc(c1O)C2. The Morgan fingerprint density at radius 3 is 1.07 bits per heavy atom. The highest BCUT2D eigenvalue weighted by Crippen LogP contribution is 2.45. The van der Waals surface area contributed by atoms with Gasteiger partial charge in [-0.05, 0) is 142 Å². The van der Waals surface area contributed by atoms with E-state index in [-0.39, 0.29) is 66.3 Å². The van der Waals surface area contributed by atoms with Gasteiger partial charge in [0.25, 0.3) is 0 Å². The first-order chi connectivity index (χ1) is 33.9. The van der Waals surface area contributed by atoms with E-state index in [1.165, 1.54) is 0 Å². The molecule has 1 unspecified atom stereocenters. The number of amides is 1. The summed E-state index contributed by atoms with van der Waals surface area (Å²) in [5.74, 6) is 0.455. The van der Waals surface area contributed by atoms with Gasteiger partial charge < -0.3 is 28.8 Å². The number of phenolic OH excluding ortho intramolecular Hbond substituents is 1. The van der Waals surface area contributed by atoms with Crippen molar-refractivity contribution in [2.75, 3.05) is 18.5 Å². The maximum Gasteiger partial charge on any atom is 0.417 e. The van der Waals surface area contributed by atoms with Crippen LogP contribution in [0, 0.1) is 13.8 Å². The molecule has 1 aliphatic carbocycles. The first-order valence-electron chi connectivity index (χ1n) is 25.9. The number of aryl methyl sites for hydroxylation is 2. The van der Waals surface area contributed by atoms with Crippen LogP contribution in [0.1, 0.15) is 189 Å². The van der Waals surface area contributed by atoms with Crippen LogP contribution in [0.2, 0.25) is 0 Å². The topological polar surface area (TPSA) is 130 Å². The predicted molar refractivity (Wildman–Crippen MR) is 292 cm³/mol. The fourth-order valence-electron chi connectivity index (χ4n) is 9.32. The molecule has 2 N–H and O–H groups in total. The van der Waals surface area contributed by atoms with E-state index in [9.17, 15) is 19.5 Å². The van der Waals surface area contributed by atoms with E-state index in [4.69, 9.17) is 23.7 Å². The highest BCUT2D eigenvalue weighted by Gasteiger charge is 2.32. The normalized spacial score (nSPS) is 13.9. The van der Waals surface area contributed by atoms with E-state index in [1.54, 1.807) is 27.7 Å². The fraction of sp³-hybridized carbons (Fsp3) is 0.476. The number of fused-ring (bicyclic) bond motifs is 8. The van der Waals surface area contributed by atoms with Crippen molar-refractivity contribution >= 4 is 23.7 Å². The zero-order chi connectivity index (χ0) is 54.1. The molecule has 0 heterocycles. The molecule has 5 aromatic rings. The van der Waals surface area contributed by atoms with Crippen LogP contribution in [-0.2, 0) is 66.4 Å². The zero-order valence-electron chi connectivity index (χ0n) is 47.0. The summed E-state index contributed by atoms with van der Waals surface area (Å²) < 4.78 is 31.4. The molecule has 73 heavy (non-hydrogen) atoms. The van der Waals surface area contributed by atoms with Crippen LogP contribution in [0.4, 0.5) is 10.5 Å². The number of anilines is 1. The molecule has 0 saturated heterocycles. The number of phenols is 1. The smallest absolute Gasteiger partial charge is 0.417 e. The van der Waals surface area contributed by atoms with Gasteiger partial charge in [-0.25, -0.2) is 14.4 Å². The van der Waals surface area contributed by atoms with E-state index in [2.05, 4.69) is 137 Å². The Bertz CT molecular complexity index is 2720. The molecular formula is C63H81NO9. The molecule has 0 fully saturated rings. The molecule has 0 spiro atoms. The number of carbonyl (C=O) groups excluding carboxylic acids is 3. The number of hydrogen-bond donors (Lipinski definition) is 2. The minimum absolute atomic E-state index is 0.129. The number of aromatic hydroxyl groups is 1. The highest BCUT2D eigenvalue weighted by molar-refractivity contribution is 5.87. The first-order valence-corrected chi connectivity index (χ1v) is 25.9. The molecular weight excluding hydrogens is 915 g/mol. The van der Waals surface area contributed by atoms with Crippen LogP contribution in [0.3, 0.4) is 0 Å².